The van der Waals surface area contributed by atoms with Gasteiger partial charge in [-0.2, -0.15) is 0 Å². The lowest BCUT2D eigenvalue weighted by Gasteiger charge is -2.38. The van der Waals surface area contributed by atoms with Crippen LogP contribution in [-0.4, -0.2) is 31.2 Å². The molecule has 5 aromatic carbocycles. The van der Waals surface area contributed by atoms with Crippen LogP contribution in [0.5, 0.6) is 0 Å². The zero-order valence-corrected chi connectivity index (χ0v) is 31.2. The molecule has 56 heavy (non-hydrogen) atoms. The van der Waals surface area contributed by atoms with Crippen molar-refractivity contribution in [3.63, 3.8) is 0 Å². The average molecular weight is 738 g/mol. The van der Waals surface area contributed by atoms with Gasteiger partial charge in [-0.1, -0.05) is 158 Å². The summed E-state index contributed by atoms with van der Waals surface area (Å²) in [5, 5.41) is 0.210. The van der Waals surface area contributed by atoms with Gasteiger partial charge < -0.3 is 4.90 Å². The first kappa shape index (κ1) is 32.8. The number of para-hydroxylation sites is 1. The van der Waals surface area contributed by atoms with Crippen molar-refractivity contribution in [1.82, 2.24) is 19.9 Å². The van der Waals surface area contributed by atoms with Crippen LogP contribution in [0.25, 0.3) is 45.4 Å². The molecule has 4 unspecified atom stereocenters. The molecule has 0 radical (unpaired) electrons. The van der Waals surface area contributed by atoms with Crippen LogP contribution in [0.1, 0.15) is 34.2 Å². The molecule has 4 atom stereocenters. The largest absolute Gasteiger partial charge is 0.336 e. The Morgan fingerprint density at radius 3 is 1.82 bits per heavy atom. The number of aromatic nitrogens is 4. The van der Waals surface area contributed by atoms with Gasteiger partial charge in [-0.3, -0.25) is 0 Å². The predicted molar refractivity (Wildman–Crippen MR) is 228 cm³/mol. The fourth-order valence-corrected chi connectivity index (χ4v) is 10.1. The van der Waals surface area contributed by atoms with Crippen LogP contribution in [0.4, 0.5) is 5.69 Å². The molecule has 11 rings (SSSR count). The molecule has 0 saturated carbocycles. The van der Waals surface area contributed by atoms with Crippen LogP contribution < -0.4 is 4.90 Å². The summed E-state index contributed by atoms with van der Waals surface area (Å²) < 4.78 is 0. The van der Waals surface area contributed by atoms with E-state index >= 15 is 0 Å². The van der Waals surface area contributed by atoms with Crippen molar-refractivity contribution in [3.8, 4) is 34.3 Å². The Labute approximate surface area is 330 Å². The van der Waals surface area contributed by atoms with E-state index in [0.717, 1.165) is 22.4 Å². The minimum absolute atomic E-state index is 0.133. The highest BCUT2D eigenvalue weighted by atomic mass is 32.2. The zero-order chi connectivity index (χ0) is 37.0. The van der Waals surface area contributed by atoms with E-state index in [9.17, 15) is 0 Å². The SMILES string of the molecule is C1=CC2c3ccccc3N(C3=CC(c4cccc(-c5nc(-c6ccccc6)nc(-c6ccccc6)n5)n4)=CC4Sc5ccccc5C34)C2C=C1c1ccccc1. The molecule has 2 aliphatic heterocycles. The summed E-state index contributed by atoms with van der Waals surface area (Å²) in [7, 11) is 0. The summed E-state index contributed by atoms with van der Waals surface area (Å²) in [6.45, 7) is 0. The highest BCUT2D eigenvalue weighted by Gasteiger charge is 2.46. The molecule has 0 fully saturated rings. The van der Waals surface area contributed by atoms with Gasteiger partial charge in [0.05, 0.1) is 11.7 Å². The standard InChI is InChI=1S/C50H35N5S/c1-4-15-32(16-5-1)35-27-28-38-37-21-10-12-25-42(37)55(43(38)29-35)44-30-36(31-46-47(44)39-22-11-13-26-45(39)56-46)40-23-14-24-41(51-40)50-53-48(33-17-6-2-7-18-33)52-49(54-50)34-19-8-3-9-20-34/h1-31,38,43,46-47H. The molecule has 6 heteroatoms. The van der Waals surface area contributed by atoms with Crippen LogP contribution in [0.15, 0.2) is 199 Å². The number of allylic oxidation sites excluding steroid dienone is 5. The maximum absolute atomic E-state index is 5.32. The van der Waals surface area contributed by atoms with Crippen molar-refractivity contribution >= 4 is 28.6 Å². The van der Waals surface area contributed by atoms with E-state index in [0.29, 0.717) is 23.2 Å². The van der Waals surface area contributed by atoms with Gasteiger partial charge in [0.2, 0.25) is 0 Å². The van der Waals surface area contributed by atoms with Crippen molar-refractivity contribution < 1.29 is 0 Å². The summed E-state index contributed by atoms with van der Waals surface area (Å²) in [4.78, 5) is 24.2. The van der Waals surface area contributed by atoms with Crippen LogP contribution in [0.2, 0.25) is 0 Å². The molecule has 0 saturated heterocycles. The Morgan fingerprint density at radius 2 is 1.09 bits per heavy atom. The van der Waals surface area contributed by atoms with Crippen molar-refractivity contribution in [2.75, 3.05) is 4.90 Å². The second-order valence-corrected chi connectivity index (χ2v) is 15.7. The second-order valence-electron chi connectivity index (χ2n) is 14.5. The summed E-state index contributed by atoms with van der Waals surface area (Å²) in [5.74, 6) is 2.23. The topological polar surface area (TPSA) is 54.8 Å². The highest BCUT2D eigenvalue weighted by Crippen LogP contribution is 2.57. The van der Waals surface area contributed by atoms with E-state index in [-0.39, 0.29) is 23.1 Å². The van der Waals surface area contributed by atoms with Gasteiger partial charge in [-0.15, -0.1) is 11.8 Å². The molecular formula is C50H35N5S. The fraction of sp³-hybridized carbons (Fsp3) is 0.0800. The number of fused-ring (bicyclic) bond motifs is 6. The number of pyridine rings is 1. The Morgan fingerprint density at radius 1 is 0.482 bits per heavy atom. The van der Waals surface area contributed by atoms with E-state index < -0.39 is 0 Å². The molecule has 2 aliphatic carbocycles. The maximum atomic E-state index is 5.32. The molecule has 0 amide bonds. The third-order valence-electron chi connectivity index (χ3n) is 11.2. The molecular weight excluding hydrogens is 703 g/mol. The summed E-state index contributed by atoms with van der Waals surface area (Å²) >= 11 is 1.95. The highest BCUT2D eigenvalue weighted by molar-refractivity contribution is 8.00. The number of benzene rings is 5. The van der Waals surface area contributed by atoms with Crippen molar-refractivity contribution in [3.05, 3.63) is 216 Å². The van der Waals surface area contributed by atoms with Gasteiger partial charge in [0.1, 0.15) is 5.69 Å². The Kier molecular flexibility index (Phi) is 7.95. The van der Waals surface area contributed by atoms with E-state index in [1.165, 1.54) is 38.5 Å². The first-order valence-electron chi connectivity index (χ1n) is 19.1. The predicted octanol–water partition coefficient (Wildman–Crippen LogP) is 11.4. The molecule has 4 aliphatic rings. The van der Waals surface area contributed by atoms with Crippen molar-refractivity contribution in [1.29, 1.82) is 0 Å². The van der Waals surface area contributed by atoms with Gasteiger partial charge in [0.25, 0.3) is 0 Å². The van der Waals surface area contributed by atoms with Gasteiger partial charge in [0.15, 0.2) is 17.5 Å². The van der Waals surface area contributed by atoms with Crippen LogP contribution in [0.3, 0.4) is 0 Å². The minimum atomic E-state index is 0.133. The number of anilines is 1. The van der Waals surface area contributed by atoms with Crippen LogP contribution >= 0.6 is 11.8 Å². The van der Waals surface area contributed by atoms with Gasteiger partial charge >= 0.3 is 0 Å². The molecule has 4 heterocycles. The number of hydrogen-bond donors (Lipinski definition) is 0. The van der Waals surface area contributed by atoms with E-state index in [1.54, 1.807) is 0 Å². The monoisotopic (exact) mass is 737 g/mol. The van der Waals surface area contributed by atoms with Crippen molar-refractivity contribution in [2.45, 2.75) is 28.0 Å². The average Bonchev–Trinajstić information content (AvgIpc) is 3.82. The van der Waals surface area contributed by atoms with Crippen LogP contribution in [-0.2, 0) is 0 Å². The third kappa shape index (κ3) is 5.64. The Bertz CT molecular complexity index is 2700. The molecule has 0 N–H and O–H groups in total. The Balaban J connectivity index is 1.05. The molecule has 5 nitrogen and oxygen atoms in total. The lowest BCUT2D eigenvalue weighted by Crippen LogP contribution is -2.37. The molecule has 266 valence electrons. The van der Waals surface area contributed by atoms with Crippen molar-refractivity contribution in [2.24, 2.45) is 0 Å². The first-order chi connectivity index (χ1) is 27.7. The van der Waals surface area contributed by atoms with E-state index in [4.69, 9.17) is 19.9 Å². The van der Waals surface area contributed by atoms with E-state index in [2.05, 4.69) is 126 Å². The number of rotatable bonds is 6. The summed E-state index contributed by atoms with van der Waals surface area (Å²) in [5.41, 5.74) is 12.4. The molecule has 0 spiro atoms. The van der Waals surface area contributed by atoms with Gasteiger partial charge in [0, 0.05) is 44.5 Å². The minimum Gasteiger partial charge on any atom is -0.336 e. The van der Waals surface area contributed by atoms with E-state index in [1.807, 2.05) is 78.5 Å². The third-order valence-corrected chi connectivity index (χ3v) is 12.5. The second kappa shape index (κ2) is 13.6. The maximum Gasteiger partial charge on any atom is 0.182 e. The number of thioether (sulfide) groups is 1. The first-order valence-corrected chi connectivity index (χ1v) is 20.0. The summed E-state index contributed by atoms with van der Waals surface area (Å²) in [6, 6.07) is 55.2. The molecule has 7 aromatic rings. The van der Waals surface area contributed by atoms with Gasteiger partial charge in [-0.05, 0) is 58.2 Å². The lowest BCUT2D eigenvalue weighted by molar-refractivity contribution is 0.676. The molecule has 0 bridgehead atoms. The lowest BCUT2D eigenvalue weighted by atomic mass is 9.83. The quantitative estimate of drug-likeness (QED) is 0.169. The number of nitrogens with zero attached hydrogens (tertiary/aromatic N) is 5. The molecule has 2 aromatic heterocycles. The van der Waals surface area contributed by atoms with Crippen LogP contribution in [0, 0.1) is 0 Å². The Hall–Kier alpha value is -6.63. The number of hydrogen-bond acceptors (Lipinski definition) is 6. The normalized spacial score (nSPS) is 20.3. The van der Waals surface area contributed by atoms with Gasteiger partial charge in [-0.25, -0.2) is 19.9 Å². The summed E-state index contributed by atoms with van der Waals surface area (Å²) in [6.07, 6.45) is 12.0. The fourth-order valence-electron chi connectivity index (χ4n) is 8.66. The zero-order valence-electron chi connectivity index (χ0n) is 30.4. The smallest absolute Gasteiger partial charge is 0.182 e.